The van der Waals surface area contributed by atoms with Crippen LogP contribution in [0.4, 0.5) is 0 Å². The van der Waals surface area contributed by atoms with Crippen molar-refractivity contribution in [3.63, 3.8) is 0 Å². The fraction of sp³-hybridized carbons (Fsp3) is 0.226. The molecule has 0 bridgehead atoms. The van der Waals surface area contributed by atoms with E-state index in [1.165, 1.54) is 66.8 Å². The predicted octanol–water partition coefficient (Wildman–Crippen LogP) is 8.25. The maximum Gasteiger partial charge on any atom is -1.00 e. The Balaban J connectivity index is 0.00000283. The number of benzene rings is 6. The van der Waals surface area contributed by atoms with E-state index in [9.17, 15) is 0 Å². The van der Waals surface area contributed by atoms with Crippen LogP contribution in [0.3, 0.4) is 0 Å². The molecule has 0 nitrogen and oxygen atoms in total. The minimum absolute atomic E-state index is 0. The summed E-state index contributed by atoms with van der Waals surface area (Å²) in [4.78, 5) is 0. The first kappa shape index (κ1) is 44.3. The van der Waals surface area contributed by atoms with Gasteiger partial charge in [-0.1, -0.05) is 0 Å². The van der Waals surface area contributed by atoms with Crippen LogP contribution in [0.2, 0.25) is 10.0 Å². The van der Waals surface area contributed by atoms with E-state index >= 15 is 0 Å². The van der Waals surface area contributed by atoms with Gasteiger partial charge in [0.1, 0.15) is 0 Å². The van der Waals surface area contributed by atoms with E-state index in [2.05, 4.69) is 175 Å². The van der Waals surface area contributed by atoms with Gasteiger partial charge in [-0.05, 0) is 0 Å². The van der Waals surface area contributed by atoms with Gasteiger partial charge in [-0.15, -0.1) is 0 Å². The van der Waals surface area contributed by atoms with Crippen LogP contribution in [0.1, 0.15) is 81.3 Å². The molecule has 0 saturated heterocycles. The van der Waals surface area contributed by atoms with Gasteiger partial charge in [0.05, 0.1) is 0 Å². The molecule has 0 N–H and O–H groups in total. The minimum atomic E-state index is -2.95. The summed E-state index contributed by atoms with van der Waals surface area (Å²) >= 11 is 10.1. The van der Waals surface area contributed by atoms with E-state index in [0.717, 1.165) is 35.7 Å². The van der Waals surface area contributed by atoms with Crippen molar-refractivity contribution in [2.75, 3.05) is 0 Å². The van der Waals surface area contributed by atoms with E-state index in [0.29, 0.717) is 0 Å². The second kappa shape index (κ2) is 18.1. The Labute approximate surface area is 376 Å². The average Bonchev–Trinajstić information content (AvgIpc) is 3.83. The zero-order valence-corrected chi connectivity index (χ0v) is 39.7. The molecule has 0 spiro atoms. The monoisotopic (exact) mass is 916 g/mol. The molecule has 6 aromatic rings. The van der Waals surface area contributed by atoms with Gasteiger partial charge >= 0.3 is 355 Å². The molecule has 0 atom stereocenters. The summed E-state index contributed by atoms with van der Waals surface area (Å²) < 4.78 is 5.03. The Morgan fingerprint density at radius 3 is 1.60 bits per heavy atom. The van der Waals surface area contributed by atoms with Gasteiger partial charge in [0.15, 0.2) is 0 Å². The molecule has 58 heavy (non-hydrogen) atoms. The van der Waals surface area contributed by atoms with Crippen LogP contribution >= 0.6 is 23.2 Å². The summed E-state index contributed by atoms with van der Waals surface area (Å²) in [6.45, 7) is 14.2. The topological polar surface area (TPSA) is 0 Å². The van der Waals surface area contributed by atoms with Gasteiger partial charge in [-0.25, -0.2) is 0 Å². The van der Waals surface area contributed by atoms with Gasteiger partial charge in [0.2, 0.25) is 0 Å². The molecule has 8 rings (SSSR count). The Kier molecular flexibility index (Phi) is 13.8. The molecule has 6 aromatic carbocycles. The fourth-order valence-electron chi connectivity index (χ4n) is 8.77. The van der Waals surface area contributed by atoms with E-state index in [1.807, 2.05) is 12.1 Å². The Morgan fingerprint density at radius 2 is 1.10 bits per heavy atom. The molecule has 5 heteroatoms. The van der Waals surface area contributed by atoms with Crippen LogP contribution in [0, 0.1) is 0 Å². The quantitative estimate of drug-likeness (QED) is 0.144. The second-order valence-corrected chi connectivity index (χ2v) is 24.8. The molecule has 0 fully saturated rings. The number of fused-ring (bicyclic) bond motifs is 3. The first-order valence-corrected chi connectivity index (χ1v) is 24.4. The summed E-state index contributed by atoms with van der Waals surface area (Å²) in [6, 6.07) is 47.2. The number of allylic oxidation sites excluding steroid dienone is 4. The first-order valence-electron chi connectivity index (χ1n) is 19.9. The zero-order chi connectivity index (χ0) is 39.2. The van der Waals surface area contributed by atoms with Crippen molar-refractivity contribution >= 4 is 29.7 Å². The molecular weight excluding hydrogens is 870 g/mol. The Bertz CT molecular complexity index is 2470. The van der Waals surface area contributed by atoms with E-state index in [1.54, 1.807) is 9.76 Å². The summed E-state index contributed by atoms with van der Waals surface area (Å²) in [6.07, 6.45) is 11.1. The van der Waals surface area contributed by atoms with Crippen LogP contribution in [0.25, 0.3) is 33.4 Å². The van der Waals surface area contributed by atoms with Gasteiger partial charge in [0.25, 0.3) is 0 Å². The minimum Gasteiger partial charge on any atom is -1.00 e. The van der Waals surface area contributed by atoms with E-state index in [4.69, 9.17) is 23.2 Å². The summed E-state index contributed by atoms with van der Waals surface area (Å²) in [5.74, 6) is 0. The normalized spacial score (nSPS) is 12.8. The standard InChI is InChI=1S/C33H31Cl2.C15H14.C5H5.2ClH.Zr/c1-32(2,3)30-18-26-22(16-28(30)20-7-11-24(34)12-8-20)15-23-17-29(21-9-13-25(35)14-10-21)31(19-27(23)26)33(4,5)6;1-3-8-14(9-4-1)12-7-13-15-10-5-2-6-11-15;1-2-4-5-3-1;;;/h7-14,16,18-19H,15H2,1-6H3;1-6,8-11H,12-13H2;1-3H,4H2;2*1H;/q;;;;;+2/p-2. The average molecular weight is 920 g/mol. The van der Waals surface area contributed by atoms with Crippen molar-refractivity contribution < 1.29 is 46.1 Å². The molecule has 0 radical (unpaired) electrons. The van der Waals surface area contributed by atoms with Crippen LogP contribution in [0.5, 0.6) is 0 Å². The molecular formula is C53H50Cl4Zr. The number of halogens is 4. The molecule has 0 saturated carbocycles. The Hall–Kier alpha value is -3.29. The fourth-order valence-corrected chi connectivity index (χ4v) is 17.7. The molecule has 0 unspecified atom stereocenters. The maximum atomic E-state index is 6.63. The maximum absolute atomic E-state index is 6.63. The third-order valence-corrected chi connectivity index (χ3v) is 19.6. The first-order chi connectivity index (χ1) is 26.8. The van der Waals surface area contributed by atoms with Crippen LogP contribution in [-0.2, 0) is 51.4 Å². The smallest absolute Gasteiger partial charge is 1.00 e. The predicted molar refractivity (Wildman–Crippen MR) is 240 cm³/mol. The summed E-state index contributed by atoms with van der Waals surface area (Å²) in [5, 5.41) is 1.54. The summed E-state index contributed by atoms with van der Waals surface area (Å²) in [5.41, 5.74) is 16.4. The molecule has 2 aliphatic rings. The van der Waals surface area contributed by atoms with Crippen LogP contribution < -0.4 is 28.1 Å². The number of hydrogen-bond acceptors (Lipinski definition) is 0. The molecule has 2 aliphatic carbocycles. The molecule has 0 amide bonds. The van der Waals surface area contributed by atoms with Crippen molar-refractivity contribution in [2.24, 2.45) is 0 Å². The third-order valence-electron chi connectivity index (χ3n) is 11.5. The third kappa shape index (κ3) is 9.21. The SMILES string of the molecule is CC(C)(C)c1cc2c(cc1-c1ccc(Cl)cc1)Cc1c-2cc(C(C)(C)C)c(-c2ccc(Cl)cc2)[c]1[Zr+2]([C]1=CC=CC1)=[C](Cc1ccccc1)Cc1ccccc1.[Cl-].[Cl-]. The van der Waals surface area contributed by atoms with Gasteiger partial charge < -0.3 is 24.8 Å². The van der Waals surface area contributed by atoms with E-state index < -0.39 is 21.3 Å². The molecule has 294 valence electrons. The molecule has 0 aromatic heterocycles. The second-order valence-electron chi connectivity index (χ2n) is 17.6. The molecule has 0 heterocycles. The van der Waals surface area contributed by atoms with Gasteiger partial charge in [-0.2, -0.15) is 0 Å². The summed E-state index contributed by atoms with van der Waals surface area (Å²) in [7, 11) is 0. The Morgan fingerprint density at radius 1 is 0.586 bits per heavy atom. The molecule has 0 aliphatic heterocycles. The van der Waals surface area contributed by atoms with E-state index in [-0.39, 0.29) is 35.6 Å². The van der Waals surface area contributed by atoms with Crippen molar-refractivity contribution in [2.45, 2.75) is 78.1 Å². The van der Waals surface area contributed by atoms with Crippen LogP contribution in [0.15, 0.2) is 149 Å². The van der Waals surface area contributed by atoms with Crippen molar-refractivity contribution in [1.29, 1.82) is 0 Å². The van der Waals surface area contributed by atoms with Crippen LogP contribution in [-0.4, -0.2) is 3.21 Å². The van der Waals surface area contributed by atoms with Crippen molar-refractivity contribution in [3.8, 4) is 33.4 Å². The number of rotatable bonds is 8. The van der Waals surface area contributed by atoms with Gasteiger partial charge in [-0.3, -0.25) is 0 Å². The zero-order valence-electron chi connectivity index (χ0n) is 34.2. The van der Waals surface area contributed by atoms with Gasteiger partial charge in [0, 0.05) is 0 Å². The van der Waals surface area contributed by atoms with Crippen molar-refractivity contribution in [1.82, 2.24) is 0 Å². The number of hydrogen-bond donors (Lipinski definition) is 0. The largest absolute Gasteiger partial charge is 1.00 e. The van der Waals surface area contributed by atoms with Crippen molar-refractivity contribution in [3.05, 3.63) is 192 Å².